The van der Waals surface area contributed by atoms with E-state index in [1.807, 2.05) is 84.9 Å². The predicted octanol–water partition coefficient (Wildman–Crippen LogP) is 8.63. The molecule has 0 aliphatic carbocycles. The van der Waals surface area contributed by atoms with Crippen LogP contribution in [0.25, 0.3) is 0 Å². The Hall–Kier alpha value is -3.95. The van der Waals surface area contributed by atoms with Gasteiger partial charge in [-0.3, -0.25) is 0 Å². The maximum absolute atomic E-state index is 6.96. The summed E-state index contributed by atoms with van der Waals surface area (Å²) in [6.45, 7) is 2.05. The van der Waals surface area contributed by atoms with E-state index in [1.54, 1.807) is 18.9 Å². The fourth-order valence-electron chi connectivity index (χ4n) is 5.78. The third-order valence-corrected chi connectivity index (χ3v) is 9.62. The standard InChI is InChI=1S/C42H44O6S/c1-43-37-24-22-36(23-25-37)31-49-42-41(47-29-35-20-12-5-13-21-35)40(46-28-34-18-10-4-11-19-34)39(45-27-33-16-8-3-9-17-33)38(48-42)30-44-26-32-14-6-2-7-15-32/h2-25,38-42H,26-31H2,1H3/t38-,39+,40+,41-,42-/m1/s1. The number of rotatable bonds is 17. The van der Waals surface area contributed by atoms with Crippen LogP contribution < -0.4 is 4.74 Å². The summed E-state index contributed by atoms with van der Waals surface area (Å²) in [6.07, 6.45) is -1.74. The normalized spacial score (nSPS) is 20.6. The lowest BCUT2D eigenvalue weighted by Crippen LogP contribution is -2.60. The van der Waals surface area contributed by atoms with E-state index in [2.05, 4.69) is 60.7 Å². The van der Waals surface area contributed by atoms with Crippen LogP contribution in [0.1, 0.15) is 27.8 Å². The lowest BCUT2D eigenvalue weighted by atomic mass is 9.98. The largest absolute Gasteiger partial charge is 0.497 e. The Morgan fingerprint density at radius 2 is 0.939 bits per heavy atom. The van der Waals surface area contributed by atoms with Gasteiger partial charge in [-0.1, -0.05) is 133 Å². The molecule has 7 heteroatoms. The number of ether oxygens (including phenoxy) is 6. The second-order valence-corrected chi connectivity index (χ2v) is 13.1. The van der Waals surface area contributed by atoms with Gasteiger partial charge in [0.05, 0.1) is 40.1 Å². The van der Waals surface area contributed by atoms with Gasteiger partial charge in [0.1, 0.15) is 35.6 Å². The van der Waals surface area contributed by atoms with Gasteiger partial charge in [0, 0.05) is 5.75 Å². The molecule has 6 nitrogen and oxygen atoms in total. The monoisotopic (exact) mass is 676 g/mol. The highest BCUT2D eigenvalue weighted by Gasteiger charge is 2.48. The van der Waals surface area contributed by atoms with Gasteiger partial charge in [-0.25, -0.2) is 0 Å². The molecule has 0 spiro atoms. The summed E-state index contributed by atoms with van der Waals surface area (Å²) in [5, 5.41) is 0. The molecule has 0 saturated carbocycles. The maximum atomic E-state index is 6.96. The van der Waals surface area contributed by atoms with Crippen LogP contribution in [0.4, 0.5) is 0 Å². The molecule has 5 atom stereocenters. The second-order valence-electron chi connectivity index (χ2n) is 12.0. The molecule has 1 heterocycles. The molecule has 0 amide bonds. The molecular formula is C42H44O6S. The highest BCUT2D eigenvalue weighted by Crippen LogP contribution is 2.37. The van der Waals surface area contributed by atoms with Gasteiger partial charge in [-0.15, -0.1) is 11.8 Å². The SMILES string of the molecule is COc1ccc(CS[C@H]2O[C@H](COCc3ccccc3)[C@H](OCc3ccccc3)[C@H](OCc3ccccc3)[C@H]2OCc2ccccc2)cc1. The Kier molecular flexibility index (Phi) is 13.3. The molecular weight excluding hydrogens is 633 g/mol. The van der Waals surface area contributed by atoms with Crippen molar-refractivity contribution in [1.29, 1.82) is 0 Å². The van der Waals surface area contributed by atoms with Crippen LogP contribution in [-0.4, -0.2) is 43.6 Å². The van der Waals surface area contributed by atoms with Crippen molar-refractivity contribution in [2.45, 2.75) is 62.0 Å². The molecule has 0 N–H and O–H groups in total. The smallest absolute Gasteiger partial charge is 0.133 e. The first kappa shape index (κ1) is 34.9. The number of hydrogen-bond donors (Lipinski definition) is 0. The van der Waals surface area contributed by atoms with Crippen LogP contribution in [0.15, 0.2) is 146 Å². The van der Waals surface area contributed by atoms with Crippen LogP contribution in [0.2, 0.25) is 0 Å². The first-order valence-electron chi connectivity index (χ1n) is 16.7. The highest BCUT2D eigenvalue weighted by atomic mass is 32.2. The van der Waals surface area contributed by atoms with Crippen LogP contribution in [-0.2, 0) is 55.9 Å². The Morgan fingerprint density at radius 1 is 0.490 bits per heavy atom. The molecule has 5 aromatic rings. The summed E-state index contributed by atoms with van der Waals surface area (Å²) in [4.78, 5) is 0. The minimum absolute atomic E-state index is 0.338. The van der Waals surface area contributed by atoms with Crippen molar-refractivity contribution < 1.29 is 28.4 Å². The quantitative estimate of drug-likeness (QED) is 0.0978. The summed E-state index contributed by atoms with van der Waals surface area (Å²) in [6, 6.07) is 49.0. The van der Waals surface area contributed by atoms with Gasteiger partial charge in [0.15, 0.2) is 0 Å². The van der Waals surface area contributed by atoms with E-state index in [-0.39, 0.29) is 5.44 Å². The minimum Gasteiger partial charge on any atom is -0.497 e. The molecule has 49 heavy (non-hydrogen) atoms. The van der Waals surface area contributed by atoms with E-state index in [0.717, 1.165) is 39.3 Å². The van der Waals surface area contributed by atoms with Crippen LogP contribution in [0.5, 0.6) is 5.75 Å². The Labute approximate surface area is 294 Å². The average Bonchev–Trinajstić information content (AvgIpc) is 3.17. The van der Waals surface area contributed by atoms with Crippen molar-refractivity contribution in [1.82, 2.24) is 0 Å². The van der Waals surface area contributed by atoms with Crippen molar-refractivity contribution in [3.05, 3.63) is 173 Å². The third-order valence-electron chi connectivity index (χ3n) is 8.41. The predicted molar refractivity (Wildman–Crippen MR) is 194 cm³/mol. The molecule has 254 valence electrons. The van der Waals surface area contributed by atoms with Gasteiger partial charge in [0.2, 0.25) is 0 Å². The fourth-order valence-corrected chi connectivity index (χ4v) is 6.97. The summed E-state index contributed by atoms with van der Waals surface area (Å²) >= 11 is 1.70. The Morgan fingerprint density at radius 3 is 1.43 bits per heavy atom. The van der Waals surface area contributed by atoms with Crippen LogP contribution in [0.3, 0.4) is 0 Å². The molecule has 5 aromatic carbocycles. The number of hydrogen-bond acceptors (Lipinski definition) is 7. The zero-order valence-electron chi connectivity index (χ0n) is 27.8. The average molecular weight is 677 g/mol. The van der Waals surface area contributed by atoms with Crippen molar-refractivity contribution in [3.63, 3.8) is 0 Å². The van der Waals surface area contributed by atoms with Gasteiger partial charge in [0.25, 0.3) is 0 Å². The van der Waals surface area contributed by atoms with Crippen LogP contribution >= 0.6 is 11.8 Å². The molecule has 0 unspecified atom stereocenters. The molecule has 6 rings (SSSR count). The summed E-state index contributed by atoms with van der Waals surface area (Å²) in [5.74, 6) is 1.55. The molecule has 1 aliphatic rings. The summed E-state index contributed by atoms with van der Waals surface area (Å²) < 4.78 is 39.1. The maximum Gasteiger partial charge on any atom is 0.133 e. The lowest BCUT2D eigenvalue weighted by molar-refractivity contribution is -0.254. The topological polar surface area (TPSA) is 55.4 Å². The van der Waals surface area contributed by atoms with Crippen LogP contribution in [0, 0.1) is 0 Å². The molecule has 1 fully saturated rings. The van der Waals surface area contributed by atoms with Gasteiger partial charge < -0.3 is 28.4 Å². The molecule has 0 bridgehead atoms. The van der Waals surface area contributed by atoms with E-state index in [4.69, 9.17) is 28.4 Å². The molecule has 1 saturated heterocycles. The first-order valence-corrected chi connectivity index (χ1v) is 17.8. The van der Waals surface area contributed by atoms with Crippen molar-refractivity contribution in [3.8, 4) is 5.75 Å². The lowest BCUT2D eigenvalue weighted by Gasteiger charge is -2.46. The summed E-state index contributed by atoms with van der Waals surface area (Å²) in [7, 11) is 1.68. The van der Waals surface area contributed by atoms with E-state index >= 15 is 0 Å². The van der Waals surface area contributed by atoms with Gasteiger partial charge in [-0.2, -0.15) is 0 Å². The Bertz CT molecular complexity index is 1620. The Balaban J connectivity index is 1.29. The highest BCUT2D eigenvalue weighted by molar-refractivity contribution is 7.99. The zero-order chi connectivity index (χ0) is 33.5. The van der Waals surface area contributed by atoms with E-state index in [0.29, 0.717) is 33.0 Å². The summed E-state index contributed by atoms with van der Waals surface area (Å²) in [5.41, 5.74) is 5.15. The van der Waals surface area contributed by atoms with E-state index < -0.39 is 24.4 Å². The van der Waals surface area contributed by atoms with Crippen molar-refractivity contribution in [2.75, 3.05) is 13.7 Å². The van der Waals surface area contributed by atoms with E-state index in [1.165, 1.54) is 0 Å². The number of thioether (sulfide) groups is 1. The fraction of sp³-hybridized carbons (Fsp3) is 0.286. The molecule has 0 aromatic heterocycles. The van der Waals surface area contributed by atoms with Crippen molar-refractivity contribution in [2.24, 2.45) is 0 Å². The number of methoxy groups -OCH3 is 1. The number of benzene rings is 5. The first-order chi connectivity index (χ1) is 24.2. The minimum atomic E-state index is -0.460. The zero-order valence-corrected chi connectivity index (χ0v) is 28.7. The third kappa shape index (κ3) is 10.5. The van der Waals surface area contributed by atoms with Crippen molar-refractivity contribution >= 4 is 11.8 Å². The molecule has 0 radical (unpaired) electrons. The van der Waals surface area contributed by atoms with Gasteiger partial charge in [-0.05, 0) is 39.9 Å². The molecule has 1 aliphatic heterocycles. The van der Waals surface area contributed by atoms with E-state index in [9.17, 15) is 0 Å². The second kappa shape index (κ2) is 18.7. The van der Waals surface area contributed by atoms with Gasteiger partial charge >= 0.3 is 0 Å².